The standard InChI is InChI=1S/C11H20ClN3O/c1-13-6-8-14(9-7-13)10-2-4-15(5-3-10)11(12)16/h10H,2-9H2,1H3. The van der Waals surface area contributed by atoms with Gasteiger partial charge in [0.1, 0.15) is 0 Å². The lowest BCUT2D eigenvalue weighted by Crippen LogP contribution is -2.52. The Hall–Kier alpha value is -0.320. The summed E-state index contributed by atoms with van der Waals surface area (Å²) in [6, 6.07) is 0.654. The number of amides is 1. The minimum absolute atomic E-state index is 0.295. The molecule has 0 bridgehead atoms. The van der Waals surface area contributed by atoms with E-state index >= 15 is 0 Å². The van der Waals surface area contributed by atoms with Crippen molar-refractivity contribution in [2.24, 2.45) is 0 Å². The van der Waals surface area contributed by atoms with Crippen LogP contribution in [0.1, 0.15) is 12.8 Å². The Morgan fingerprint density at radius 1 is 1.06 bits per heavy atom. The van der Waals surface area contributed by atoms with Gasteiger partial charge >= 0.3 is 5.37 Å². The van der Waals surface area contributed by atoms with Crippen LogP contribution in [0.5, 0.6) is 0 Å². The third-order valence-electron chi connectivity index (χ3n) is 3.77. The van der Waals surface area contributed by atoms with E-state index in [4.69, 9.17) is 11.6 Å². The number of carbonyl (C=O) groups is 1. The quantitative estimate of drug-likeness (QED) is 0.511. The van der Waals surface area contributed by atoms with Crippen LogP contribution in [0.3, 0.4) is 0 Å². The topological polar surface area (TPSA) is 26.8 Å². The molecule has 0 atom stereocenters. The minimum Gasteiger partial charge on any atom is -0.329 e. The first kappa shape index (κ1) is 12.1. The van der Waals surface area contributed by atoms with Crippen molar-refractivity contribution in [3.05, 3.63) is 0 Å². The van der Waals surface area contributed by atoms with Crippen molar-refractivity contribution in [3.63, 3.8) is 0 Å². The summed E-state index contributed by atoms with van der Waals surface area (Å²) in [6.45, 7) is 6.29. The molecule has 0 aliphatic carbocycles. The first-order valence-corrected chi connectivity index (χ1v) is 6.41. The van der Waals surface area contributed by atoms with Gasteiger partial charge in [-0.25, -0.2) is 0 Å². The third-order valence-corrected chi connectivity index (χ3v) is 4.01. The Kier molecular flexibility index (Phi) is 4.05. The number of likely N-dealkylation sites (N-methyl/N-ethyl adjacent to an activating group) is 1. The van der Waals surface area contributed by atoms with Crippen LogP contribution in [-0.2, 0) is 0 Å². The fraction of sp³-hybridized carbons (Fsp3) is 0.909. The molecule has 5 heteroatoms. The van der Waals surface area contributed by atoms with Crippen LogP contribution < -0.4 is 0 Å². The van der Waals surface area contributed by atoms with Crippen LogP contribution in [-0.4, -0.2) is 72.4 Å². The number of carbonyl (C=O) groups excluding carboxylic acids is 1. The largest absolute Gasteiger partial charge is 0.329 e. The van der Waals surface area contributed by atoms with Crippen molar-refractivity contribution in [2.45, 2.75) is 18.9 Å². The van der Waals surface area contributed by atoms with Crippen LogP contribution in [0.25, 0.3) is 0 Å². The molecule has 0 aromatic heterocycles. The van der Waals surface area contributed by atoms with E-state index in [1.54, 1.807) is 4.90 Å². The zero-order chi connectivity index (χ0) is 11.5. The number of hydrogen-bond donors (Lipinski definition) is 0. The first-order chi connectivity index (χ1) is 7.66. The Balaban J connectivity index is 1.78. The highest BCUT2D eigenvalue weighted by Gasteiger charge is 2.27. The van der Waals surface area contributed by atoms with Gasteiger partial charge in [0, 0.05) is 45.3 Å². The van der Waals surface area contributed by atoms with Gasteiger partial charge in [0.25, 0.3) is 0 Å². The number of halogens is 1. The van der Waals surface area contributed by atoms with Gasteiger partial charge < -0.3 is 9.80 Å². The highest BCUT2D eigenvalue weighted by molar-refractivity contribution is 6.62. The fourth-order valence-corrected chi connectivity index (χ4v) is 2.76. The molecule has 0 aromatic carbocycles. The zero-order valence-corrected chi connectivity index (χ0v) is 10.6. The first-order valence-electron chi connectivity index (χ1n) is 6.04. The molecule has 2 aliphatic heterocycles. The van der Waals surface area contributed by atoms with Crippen molar-refractivity contribution < 1.29 is 4.79 Å². The molecule has 0 N–H and O–H groups in total. The summed E-state index contributed by atoms with van der Waals surface area (Å²) in [7, 11) is 2.17. The molecule has 4 nitrogen and oxygen atoms in total. The lowest BCUT2D eigenvalue weighted by atomic mass is 10.0. The maximum atomic E-state index is 11.0. The molecule has 92 valence electrons. The minimum atomic E-state index is -0.295. The molecule has 2 aliphatic rings. The van der Waals surface area contributed by atoms with Crippen LogP contribution in [0.15, 0.2) is 0 Å². The molecular weight excluding hydrogens is 226 g/mol. The van der Waals surface area contributed by atoms with E-state index in [0.717, 1.165) is 52.1 Å². The van der Waals surface area contributed by atoms with Crippen molar-refractivity contribution >= 4 is 17.0 Å². The van der Waals surface area contributed by atoms with Crippen LogP contribution in [0, 0.1) is 0 Å². The Labute approximate surface area is 102 Å². The maximum absolute atomic E-state index is 11.0. The highest BCUT2D eigenvalue weighted by atomic mass is 35.5. The number of rotatable bonds is 1. The number of piperazine rings is 1. The summed E-state index contributed by atoms with van der Waals surface area (Å²) in [6.07, 6.45) is 2.14. The second-order valence-corrected chi connectivity index (χ2v) is 5.13. The Morgan fingerprint density at radius 3 is 2.12 bits per heavy atom. The van der Waals surface area contributed by atoms with Crippen molar-refractivity contribution in [3.8, 4) is 0 Å². The van der Waals surface area contributed by atoms with E-state index in [0.29, 0.717) is 6.04 Å². The van der Waals surface area contributed by atoms with Crippen LogP contribution >= 0.6 is 11.6 Å². The molecule has 2 heterocycles. The van der Waals surface area contributed by atoms with Gasteiger partial charge in [-0.2, -0.15) is 0 Å². The zero-order valence-electron chi connectivity index (χ0n) is 9.86. The maximum Gasteiger partial charge on any atom is 0.316 e. The van der Waals surface area contributed by atoms with Gasteiger partial charge in [-0.3, -0.25) is 9.69 Å². The van der Waals surface area contributed by atoms with Gasteiger partial charge in [-0.05, 0) is 31.5 Å². The van der Waals surface area contributed by atoms with E-state index in [-0.39, 0.29) is 5.37 Å². The predicted molar refractivity (Wildman–Crippen MR) is 64.9 cm³/mol. The average Bonchev–Trinajstić information content (AvgIpc) is 2.30. The number of piperidine rings is 1. The molecule has 0 unspecified atom stereocenters. The van der Waals surface area contributed by atoms with Gasteiger partial charge in [0.15, 0.2) is 0 Å². The van der Waals surface area contributed by atoms with Crippen LogP contribution in [0.4, 0.5) is 4.79 Å². The lowest BCUT2D eigenvalue weighted by Gasteiger charge is -2.41. The molecule has 0 spiro atoms. The van der Waals surface area contributed by atoms with E-state index in [1.165, 1.54) is 0 Å². The molecule has 0 radical (unpaired) electrons. The summed E-state index contributed by atoms with van der Waals surface area (Å²) in [4.78, 5) is 17.7. The summed E-state index contributed by atoms with van der Waals surface area (Å²) >= 11 is 5.48. The predicted octanol–water partition coefficient (Wildman–Crippen LogP) is 1.06. The van der Waals surface area contributed by atoms with Gasteiger partial charge in [0.05, 0.1) is 0 Å². The van der Waals surface area contributed by atoms with E-state index in [2.05, 4.69) is 16.8 Å². The molecule has 16 heavy (non-hydrogen) atoms. The molecule has 0 aromatic rings. The van der Waals surface area contributed by atoms with E-state index in [1.807, 2.05) is 0 Å². The van der Waals surface area contributed by atoms with E-state index < -0.39 is 0 Å². The summed E-state index contributed by atoms with van der Waals surface area (Å²) in [5.41, 5.74) is 0. The monoisotopic (exact) mass is 245 g/mol. The Morgan fingerprint density at radius 2 is 1.62 bits per heavy atom. The fourth-order valence-electron chi connectivity index (χ4n) is 2.59. The molecule has 0 saturated carbocycles. The number of nitrogens with zero attached hydrogens (tertiary/aromatic N) is 3. The molecule has 2 fully saturated rings. The van der Waals surface area contributed by atoms with Crippen LogP contribution in [0.2, 0.25) is 0 Å². The van der Waals surface area contributed by atoms with Gasteiger partial charge in [-0.1, -0.05) is 0 Å². The molecule has 1 amide bonds. The van der Waals surface area contributed by atoms with Crippen molar-refractivity contribution in [1.29, 1.82) is 0 Å². The van der Waals surface area contributed by atoms with Gasteiger partial charge in [-0.15, -0.1) is 0 Å². The summed E-state index contributed by atoms with van der Waals surface area (Å²) in [5, 5.41) is -0.295. The second kappa shape index (κ2) is 5.34. The number of likely N-dealkylation sites (tertiary alicyclic amines) is 1. The normalized spacial score (nSPS) is 26.0. The summed E-state index contributed by atoms with van der Waals surface area (Å²) < 4.78 is 0. The van der Waals surface area contributed by atoms with Gasteiger partial charge in [0.2, 0.25) is 0 Å². The lowest BCUT2D eigenvalue weighted by molar-refractivity contribution is 0.0777. The summed E-state index contributed by atoms with van der Waals surface area (Å²) in [5.74, 6) is 0. The SMILES string of the molecule is CN1CCN(C2CCN(C(=O)Cl)CC2)CC1. The van der Waals surface area contributed by atoms with Crippen molar-refractivity contribution in [1.82, 2.24) is 14.7 Å². The smallest absolute Gasteiger partial charge is 0.316 e. The average molecular weight is 246 g/mol. The molecule has 2 rings (SSSR count). The second-order valence-electron chi connectivity index (χ2n) is 4.81. The third kappa shape index (κ3) is 2.87. The van der Waals surface area contributed by atoms with Crippen molar-refractivity contribution in [2.75, 3.05) is 46.3 Å². The number of hydrogen-bond acceptors (Lipinski definition) is 3. The molecule has 2 saturated heterocycles. The van der Waals surface area contributed by atoms with E-state index in [9.17, 15) is 4.79 Å². The highest BCUT2D eigenvalue weighted by Crippen LogP contribution is 2.18. The Bertz CT molecular complexity index is 246. The molecular formula is C11H20ClN3O.